The number of benzene rings is 1. The van der Waals surface area contributed by atoms with Gasteiger partial charge in [0.15, 0.2) is 0 Å². The fraction of sp³-hybridized carbons (Fsp3) is 0.316. The smallest absolute Gasteiger partial charge is 0.139 e. The van der Waals surface area contributed by atoms with Gasteiger partial charge in [0.25, 0.3) is 0 Å². The van der Waals surface area contributed by atoms with Crippen LogP contribution in [0.2, 0.25) is 5.02 Å². The monoisotopic (exact) mass is 355 g/mol. The number of aryl methyl sites for hydroxylation is 2. The summed E-state index contributed by atoms with van der Waals surface area (Å²) >= 11 is 6.13. The summed E-state index contributed by atoms with van der Waals surface area (Å²) in [4.78, 5) is 18.1. The number of nitrogens with zero attached hydrogens (tertiary/aromatic N) is 5. The summed E-state index contributed by atoms with van der Waals surface area (Å²) in [6.07, 6.45) is 1.54. The number of aromatic nitrogens is 3. The summed E-state index contributed by atoms with van der Waals surface area (Å²) in [5, 5.41) is 1.66. The van der Waals surface area contributed by atoms with Crippen LogP contribution in [0.1, 0.15) is 11.5 Å². The van der Waals surface area contributed by atoms with E-state index >= 15 is 0 Å². The number of pyridine rings is 1. The Morgan fingerprint density at radius 1 is 0.880 bits per heavy atom. The zero-order chi connectivity index (χ0) is 18.0. The Hall–Kier alpha value is -2.40. The third kappa shape index (κ3) is 3.99. The predicted molar refractivity (Wildman–Crippen MR) is 105 cm³/mol. The first kappa shape index (κ1) is 17.4. The molecular formula is C19H22ClN5. The summed E-state index contributed by atoms with van der Waals surface area (Å²) < 4.78 is 0. The van der Waals surface area contributed by atoms with Crippen LogP contribution in [-0.4, -0.2) is 43.1 Å². The molecule has 0 N–H and O–H groups in total. The van der Waals surface area contributed by atoms with E-state index in [0.29, 0.717) is 5.02 Å². The van der Waals surface area contributed by atoms with E-state index in [2.05, 4.69) is 4.98 Å². The first-order chi connectivity index (χ1) is 11.9. The maximum atomic E-state index is 6.13. The molecule has 3 aromatic rings. The van der Waals surface area contributed by atoms with Crippen LogP contribution in [0.15, 0.2) is 36.4 Å². The minimum absolute atomic E-state index is 0.691. The molecule has 0 fully saturated rings. The molecule has 0 saturated carbocycles. The number of hydrogen-bond donors (Lipinski definition) is 0. The minimum atomic E-state index is 0.691. The SMILES string of the molecule is CN(C)c1cccc(CCc2nc(N(C)C)c3cc(Cl)ccc3n2)n1. The van der Waals surface area contributed by atoms with Crippen LogP contribution >= 0.6 is 11.6 Å². The van der Waals surface area contributed by atoms with Crippen molar-refractivity contribution in [1.29, 1.82) is 0 Å². The molecule has 25 heavy (non-hydrogen) atoms. The predicted octanol–water partition coefficient (Wildman–Crippen LogP) is 3.60. The van der Waals surface area contributed by atoms with Crippen molar-refractivity contribution in [3.8, 4) is 0 Å². The van der Waals surface area contributed by atoms with Crippen LogP contribution in [0.5, 0.6) is 0 Å². The van der Waals surface area contributed by atoms with Gasteiger partial charge in [0.1, 0.15) is 17.5 Å². The lowest BCUT2D eigenvalue weighted by molar-refractivity contribution is 0.837. The van der Waals surface area contributed by atoms with Crippen LogP contribution < -0.4 is 9.80 Å². The lowest BCUT2D eigenvalue weighted by Gasteiger charge is -2.16. The average Bonchev–Trinajstić information content (AvgIpc) is 2.59. The van der Waals surface area contributed by atoms with Gasteiger partial charge >= 0.3 is 0 Å². The van der Waals surface area contributed by atoms with E-state index in [0.717, 1.165) is 46.9 Å². The highest BCUT2D eigenvalue weighted by molar-refractivity contribution is 6.31. The first-order valence-electron chi connectivity index (χ1n) is 8.21. The van der Waals surface area contributed by atoms with Crippen molar-refractivity contribution in [3.05, 3.63) is 52.9 Å². The maximum Gasteiger partial charge on any atom is 0.139 e. The van der Waals surface area contributed by atoms with Gasteiger partial charge in [-0.3, -0.25) is 0 Å². The highest BCUT2D eigenvalue weighted by Crippen LogP contribution is 2.26. The summed E-state index contributed by atoms with van der Waals surface area (Å²) in [7, 11) is 7.95. The molecule has 2 heterocycles. The van der Waals surface area contributed by atoms with Crippen molar-refractivity contribution < 1.29 is 0 Å². The molecule has 0 radical (unpaired) electrons. The van der Waals surface area contributed by atoms with Gasteiger partial charge in [0.05, 0.1) is 5.52 Å². The summed E-state index contributed by atoms with van der Waals surface area (Å²) in [6, 6.07) is 11.8. The summed E-state index contributed by atoms with van der Waals surface area (Å²) in [5.41, 5.74) is 1.95. The average molecular weight is 356 g/mol. The number of fused-ring (bicyclic) bond motifs is 1. The highest BCUT2D eigenvalue weighted by Gasteiger charge is 2.11. The number of anilines is 2. The molecule has 1 aromatic carbocycles. The van der Waals surface area contributed by atoms with Gasteiger partial charge in [-0.15, -0.1) is 0 Å². The van der Waals surface area contributed by atoms with Gasteiger partial charge in [0.2, 0.25) is 0 Å². The molecule has 3 rings (SSSR count). The first-order valence-corrected chi connectivity index (χ1v) is 8.58. The molecule has 0 atom stereocenters. The van der Waals surface area contributed by atoms with Crippen molar-refractivity contribution in [1.82, 2.24) is 15.0 Å². The molecule has 0 aliphatic heterocycles. The van der Waals surface area contributed by atoms with Gasteiger partial charge < -0.3 is 9.80 Å². The lowest BCUT2D eigenvalue weighted by Crippen LogP contribution is -2.14. The Morgan fingerprint density at radius 2 is 1.68 bits per heavy atom. The van der Waals surface area contributed by atoms with Crippen molar-refractivity contribution in [2.24, 2.45) is 0 Å². The number of halogens is 1. The van der Waals surface area contributed by atoms with E-state index in [9.17, 15) is 0 Å². The highest BCUT2D eigenvalue weighted by atomic mass is 35.5. The molecule has 130 valence electrons. The van der Waals surface area contributed by atoms with E-state index in [-0.39, 0.29) is 0 Å². The second-order valence-electron chi connectivity index (χ2n) is 6.40. The van der Waals surface area contributed by atoms with E-state index in [1.807, 2.05) is 74.4 Å². The Balaban J connectivity index is 1.89. The van der Waals surface area contributed by atoms with E-state index in [1.165, 1.54) is 0 Å². The third-order valence-electron chi connectivity index (χ3n) is 3.96. The van der Waals surface area contributed by atoms with Gasteiger partial charge in [-0.05, 0) is 36.8 Å². The molecule has 0 aliphatic rings. The fourth-order valence-electron chi connectivity index (χ4n) is 2.68. The molecule has 0 aliphatic carbocycles. The Labute approximate surface area is 153 Å². The maximum absolute atomic E-state index is 6.13. The number of hydrogen-bond acceptors (Lipinski definition) is 5. The van der Waals surface area contributed by atoms with Crippen molar-refractivity contribution >= 4 is 34.1 Å². The van der Waals surface area contributed by atoms with Crippen LogP contribution in [0.3, 0.4) is 0 Å². The topological polar surface area (TPSA) is 45.2 Å². The van der Waals surface area contributed by atoms with Crippen LogP contribution in [0, 0.1) is 0 Å². The van der Waals surface area contributed by atoms with Gasteiger partial charge in [-0.1, -0.05) is 17.7 Å². The van der Waals surface area contributed by atoms with Crippen molar-refractivity contribution in [2.75, 3.05) is 38.0 Å². The van der Waals surface area contributed by atoms with Gasteiger partial charge in [-0.25, -0.2) is 15.0 Å². The van der Waals surface area contributed by atoms with Gasteiger partial charge in [-0.2, -0.15) is 0 Å². The normalized spacial score (nSPS) is 10.9. The molecule has 2 aromatic heterocycles. The molecule has 0 spiro atoms. The zero-order valence-electron chi connectivity index (χ0n) is 15.0. The molecular weight excluding hydrogens is 334 g/mol. The molecule has 0 bridgehead atoms. The van der Waals surface area contributed by atoms with E-state index in [1.54, 1.807) is 0 Å². The Morgan fingerprint density at radius 3 is 2.40 bits per heavy atom. The van der Waals surface area contributed by atoms with Crippen LogP contribution in [0.4, 0.5) is 11.6 Å². The molecule has 0 unspecified atom stereocenters. The second-order valence-corrected chi connectivity index (χ2v) is 6.84. The number of rotatable bonds is 5. The largest absolute Gasteiger partial charge is 0.363 e. The molecule has 6 heteroatoms. The second kappa shape index (κ2) is 7.23. The van der Waals surface area contributed by atoms with Crippen LogP contribution in [0.25, 0.3) is 10.9 Å². The standard InChI is InChI=1S/C19H22ClN5/c1-24(2)18-7-5-6-14(21-18)9-11-17-22-16-10-8-13(20)12-15(16)19(23-17)25(3)4/h5-8,10,12H,9,11H2,1-4H3. The minimum Gasteiger partial charge on any atom is -0.363 e. The molecule has 0 amide bonds. The van der Waals surface area contributed by atoms with E-state index < -0.39 is 0 Å². The quantitative estimate of drug-likeness (QED) is 0.699. The van der Waals surface area contributed by atoms with Gasteiger partial charge in [0, 0.05) is 50.7 Å². The third-order valence-corrected chi connectivity index (χ3v) is 4.20. The fourth-order valence-corrected chi connectivity index (χ4v) is 2.85. The molecule has 5 nitrogen and oxygen atoms in total. The van der Waals surface area contributed by atoms with Crippen molar-refractivity contribution in [2.45, 2.75) is 12.8 Å². The summed E-state index contributed by atoms with van der Waals surface area (Å²) in [5.74, 6) is 2.66. The zero-order valence-corrected chi connectivity index (χ0v) is 15.7. The summed E-state index contributed by atoms with van der Waals surface area (Å²) in [6.45, 7) is 0. The van der Waals surface area contributed by atoms with Crippen LogP contribution in [-0.2, 0) is 12.8 Å². The molecule has 0 saturated heterocycles. The Bertz CT molecular complexity index is 892. The Kier molecular flexibility index (Phi) is 5.04. The lowest BCUT2D eigenvalue weighted by atomic mass is 10.2. The van der Waals surface area contributed by atoms with Crippen molar-refractivity contribution in [3.63, 3.8) is 0 Å². The van der Waals surface area contributed by atoms with E-state index in [4.69, 9.17) is 21.6 Å².